The van der Waals surface area contributed by atoms with Gasteiger partial charge in [0.05, 0.1) is 0 Å². The first-order valence-electron chi connectivity index (χ1n) is 7.35. The van der Waals surface area contributed by atoms with Gasteiger partial charge in [0.25, 0.3) is 0 Å². The summed E-state index contributed by atoms with van der Waals surface area (Å²) in [4.78, 5) is 4.16. The van der Waals surface area contributed by atoms with Crippen molar-refractivity contribution >= 4 is 29.9 Å². The lowest BCUT2D eigenvalue weighted by Gasteiger charge is -2.21. The highest BCUT2D eigenvalue weighted by atomic mass is 127. The average molecular weight is 422 g/mol. The molecular formula is C16H28FIN4. The third kappa shape index (κ3) is 9.94. The van der Waals surface area contributed by atoms with Gasteiger partial charge in [0, 0.05) is 32.2 Å². The summed E-state index contributed by atoms with van der Waals surface area (Å²) in [5.41, 5.74) is 1.10. The number of nitrogens with one attached hydrogen (secondary N) is 3. The molecule has 0 aromatic heterocycles. The van der Waals surface area contributed by atoms with Crippen LogP contribution in [0.15, 0.2) is 29.3 Å². The van der Waals surface area contributed by atoms with Crippen LogP contribution >= 0.6 is 24.0 Å². The number of guanidine groups is 1. The van der Waals surface area contributed by atoms with Crippen LogP contribution in [0.25, 0.3) is 0 Å². The van der Waals surface area contributed by atoms with Crippen molar-refractivity contribution in [3.8, 4) is 0 Å². The van der Waals surface area contributed by atoms with Crippen LogP contribution in [0.5, 0.6) is 0 Å². The molecule has 0 heterocycles. The summed E-state index contributed by atoms with van der Waals surface area (Å²) in [6.45, 7) is 8.80. The summed E-state index contributed by atoms with van der Waals surface area (Å²) in [6, 6.07) is 6.68. The van der Waals surface area contributed by atoms with E-state index in [1.165, 1.54) is 6.07 Å². The predicted molar refractivity (Wildman–Crippen MR) is 103 cm³/mol. The second-order valence-electron chi connectivity index (χ2n) is 5.98. The lowest BCUT2D eigenvalue weighted by Crippen LogP contribution is -2.44. The van der Waals surface area contributed by atoms with Gasteiger partial charge in [0.15, 0.2) is 5.96 Å². The Hall–Kier alpha value is -0.890. The third-order valence-corrected chi connectivity index (χ3v) is 2.89. The number of hydrogen-bond acceptors (Lipinski definition) is 2. The van der Waals surface area contributed by atoms with Crippen LogP contribution in [0, 0.1) is 5.82 Å². The molecule has 0 amide bonds. The minimum Gasteiger partial charge on any atom is -0.356 e. The van der Waals surface area contributed by atoms with Crippen molar-refractivity contribution in [2.24, 2.45) is 4.99 Å². The van der Waals surface area contributed by atoms with E-state index >= 15 is 0 Å². The smallest absolute Gasteiger partial charge is 0.191 e. The van der Waals surface area contributed by atoms with E-state index in [9.17, 15) is 4.39 Å². The topological polar surface area (TPSA) is 48.5 Å². The molecule has 4 nitrogen and oxygen atoms in total. The van der Waals surface area contributed by atoms with Gasteiger partial charge in [0.1, 0.15) is 5.82 Å². The average Bonchev–Trinajstić information content (AvgIpc) is 2.40. The normalized spacial score (nSPS) is 11.8. The molecule has 0 saturated heterocycles. The molecule has 3 N–H and O–H groups in total. The molecule has 6 heteroatoms. The standard InChI is InChI=1S/C16H27FN4.HI/c1-16(2,3)21-11-10-20-15(18-4)19-9-8-13-6-5-7-14(17)12-13;/h5-7,12,21H,8-11H2,1-4H3,(H2,18,19,20);1H. The Labute approximate surface area is 150 Å². The Morgan fingerprint density at radius 2 is 1.82 bits per heavy atom. The third-order valence-electron chi connectivity index (χ3n) is 2.89. The van der Waals surface area contributed by atoms with Crippen molar-refractivity contribution in [2.75, 3.05) is 26.7 Å². The van der Waals surface area contributed by atoms with Gasteiger partial charge in [-0.25, -0.2) is 4.39 Å². The van der Waals surface area contributed by atoms with Crippen molar-refractivity contribution < 1.29 is 4.39 Å². The summed E-state index contributed by atoms with van der Waals surface area (Å²) in [5, 5.41) is 9.87. The number of halogens is 2. The van der Waals surface area contributed by atoms with Gasteiger partial charge < -0.3 is 16.0 Å². The number of nitrogens with zero attached hydrogens (tertiary/aromatic N) is 1. The van der Waals surface area contributed by atoms with Gasteiger partial charge in [0.2, 0.25) is 0 Å². The zero-order valence-electron chi connectivity index (χ0n) is 13.9. The minimum absolute atomic E-state index is 0. The highest BCUT2D eigenvalue weighted by Crippen LogP contribution is 2.03. The molecule has 126 valence electrons. The first-order chi connectivity index (χ1) is 9.90. The Morgan fingerprint density at radius 1 is 1.14 bits per heavy atom. The summed E-state index contributed by atoms with van der Waals surface area (Å²) in [7, 11) is 1.74. The molecule has 1 aromatic rings. The van der Waals surface area contributed by atoms with Gasteiger partial charge in [-0.3, -0.25) is 4.99 Å². The van der Waals surface area contributed by atoms with Crippen molar-refractivity contribution in [2.45, 2.75) is 32.7 Å². The van der Waals surface area contributed by atoms with E-state index in [4.69, 9.17) is 0 Å². The first kappa shape index (κ1) is 21.1. The van der Waals surface area contributed by atoms with E-state index < -0.39 is 0 Å². The van der Waals surface area contributed by atoms with Crippen molar-refractivity contribution in [1.29, 1.82) is 0 Å². The molecule has 0 saturated carbocycles. The van der Waals surface area contributed by atoms with E-state index in [1.807, 2.05) is 6.07 Å². The zero-order valence-corrected chi connectivity index (χ0v) is 16.2. The van der Waals surface area contributed by atoms with Crippen LogP contribution in [-0.4, -0.2) is 38.2 Å². The second-order valence-corrected chi connectivity index (χ2v) is 5.98. The van der Waals surface area contributed by atoms with Crippen LogP contribution in [0.4, 0.5) is 4.39 Å². The maximum atomic E-state index is 13.1. The Kier molecular flexibility index (Phi) is 10.3. The van der Waals surface area contributed by atoms with Gasteiger partial charge in [-0.1, -0.05) is 12.1 Å². The van der Waals surface area contributed by atoms with Crippen molar-refractivity contribution in [3.05, 3.63) is 35.6 Å². The molecule has 0 aliphatic heterocycles. The molecule has 0 spiro atoms. The molecular weight excluding hydrogens is 394 g/mol. The largest absolute Gasteiger partial charge is 0.356 e. The predicted octanol–water partition coefficient (Wildman–Crippen LogP) is 2.54. The van der Waals surface area contributed by atoms with Crippen molar-refractivity contribution in [3.63, 3.8) is 0 Å². The highest BCUT2D eigenvalue weighted by molar-refractivity contribution is 14.0. The molecule has 0 aliphatic carbocycles. The fraction of sp³-hybridized carbons (Fsp3) is 0.562. The summed E-state index contributed by atoms with van der Waals surface area (Å²) >= 11 is 0. The van der Waals surface area contributed by atoms with Crippen LogP contribution in [0.1, 0.15) is 26.3 Å². The molecule has 0 aliphatic rings. The summed E-state index contributed by atoms with van der Waals surface area (Å²) < 4.78 is 13.1. The Bertz CT molecular complexity index is 458. The lowest BCUT2D eigenvalue weighted by atomic mass is 10.1. The molecule has 0 radical (unpaired) electrons. The van der Waals surface area contributed by atoms with Crippen LogP contribution < -0.4 is 16.0 Å². The molecule has 0 atom stereocenters. The molecule has 0 fully saturated rings. The first-order valence-corrected chi connectivity index (χ1v) is 7.35. The monoisotopic (exact) mass is 422 g/mol. The maximum Gasteiger partial charge on any atom is 0.191 e. The number of aliphatic imine (C=N–C) groups is 1. The lowest BCUT2D eigenvalue weighted by molar-refractivity contribution is 0.428. The van der Waals surface area contributed by atoms with E-state index in [0.717, 1.165) is 37.6 Å². The van der Waals surface area contributed by atoms with Gasteiger partial charge >= 0.3 is 0 Å². The number of rotatable bonds is 6. The van der Waals surface area contributed by atoms with E-state index in [2.05, 4.69) is 41.7 Å². The molecule has 0 unspecified atom stereocenters. The molecule has 22 heavy (non-hydrogen) atoms. The maximum absolute atomic E-state index is 13.1. The van der Waals surface area contributed by atoms with Gasteiger partial charge in [-0.15, -0.1) is 24.0 Å². The van der Waals surface area contributed by atoms with Crippen molar-refractivity contribution in [1.82, 2.24) is 16.0 Å². The van der Waals surface area contributed by atoms with E-state index in [0.29, 0.717) is 0 Å². The van der Waals surface area contributed by atoms with E-state index in [1.54, 1.807) is 19.2 Å². The number of hydrogen-bond donors (Lipinski definition) is 3. The fourth-order valence-electron chi connectivity index (χ4n) is 1.86. The second kappa shape index (κ2) is 10.8. The highest BCUT2D eigenvalue weighted by Gasteiger charge is 2.07. The zero-order chi connectivity index (χ0) is 15.7. The molecule has 1 aromatic carbocycles. The van der Waals surface area contributed by atoms with E-state index in [-0.39, 0.29) is 35.3 Å². The SMILES string of the molecule is CN=C(NCCNC(C)(C)C)NCCc1cccc(F)c1.I. The van der Waals surface area contributed by atoms with Crippen LogP contribution in [0.3, 0.4) is 0 Å². The molecule has 1 rings (SSSR count). The number of benzene rings is 1. The van der Waals surface area contributed by atoms with Gasteiger partial charge in [-0.2, -0.15) is 0 Å². The quantitative estimate of drug-likeness (QED) is 0.286. The Balaban J connectivity index is 0.00000441. The fourth-order valence-corrected chi connectivity index (χ4v) is 1.86. The van der Waals surface area contributed by atoms with Gasteiger partial charge in [-0.05, 0) is 44.9 Å². The minimum atomic E-state index is -0.191. The summed E-state index contributed by atoms with van der Waals surface area (Å²) in [5.74, 6) is 0.574. The Morgan fingerprint density at radius 3 is 2.41 bits per heavy atom. The summed E-state index contributed by atoms with van der Waals surface area (Å²) in [6.07, 6.45) is 0.763. The van der Waals surface area contributed by atoms with Crippen LogP contribution in [-0.2, 0) is 6.42 Å². The molecule has 0 bridgehead atoms. The van der Waals surface area contributed by atoms with Crippen LogP contribution in [0.2, 0.25) is 0 Å².